The third kappa shape index (κ3) is 4.42. The molecule has 1 atom stereocenters. The molecule has 0 fully saturated rings. The van der Waals surface area contributed by atoms with Gasteiger partial charge in [-0.1, -0.05) is 18.2 Å². The van der Waals surface area contributed by atoms with Gasteiger partial charge < -0.3 is 10.1 Å². The van der Waals surface area contributed by atoms with Crippen LogP contribution in [0.15, 0.2) is 42.5 Å². The van der Waals surface area contributed by atoms with Crippen LogP contribution in [0.1, 0.15) is 56.1 Å². The first-order chi connectivity index (χ1) is 15.4. The maximum absolute atomic E-state index is 15.5. The normalized spacial score (nSPS) is 18.7. The van der Waals surface area contributed by atoms with Crippen LogP contribution in [0.25, 0.3) is 17.0 Å². The minimum absolute atomic E-state index is 0.0287. The van der Waals surface area contributed by atoms with Gasteiger partial charge in [0.15, 0.2) is 0 Å². The lowest BCUT2D eigenvalue weighted by Gasteiger charge is -2.49. The second kappa shape index (κ2) is 8.06. The average molecular weight is 457 g/mol. The molecule has 2 aromatic carbocycles. The van der Waals surface area contributed by atoms with Crippen molar-refractivity contribution in [3.63, 3.8) is 0 Å². The van der Waals surface area contributed by atoms with E-state index >= 15 is 8.78 Å². The highest BCUT2D eigenvalue weighted by molar-refractivity contribution is 5.86. The van der Waals surface area contributed by atoms with Crippen molar-refractivity contribution in [1.82, 2.24) is 9.88 Å². The Labute approximate surface area is 190 Å². The smallest absolute Gasteiger partial charge is 0.328 e. The van der Waals surface area contributed by atoms with Crippen molar-refractivity contribution in [3.8, 4) is 0 Å². The average Bonchev–Trinajstić information content (AvgIpc) is 3.04. The summed E-state index contributed by atoms with van der Waals surface area (Å²) in [4.78, 5) is 16.0. The zero-order chi connectivity index (χ0) is 24.1. The van der Waals surface area contributed by atoms with Crippen LogP contribution in [0.5, 0.6) is 0 Å². The number of nitrogens with one attached hydrogen (secondary N) is 1. The Kier molecular flexibility index (Phi) is 5.65. The van der Waals surface area contributed by atoms with E-state index in [4.69, 9.17) is 5.11 Å². The molecule has 4 rings (SSSR count). The van der Waals surface area contributed by atoms with Gasteiger partial charge in [-0.25, -0.2) is 18.0 Å². The van der Waals surface area contributed by atoms with Crippen molar-refractivity contribution in [2.45, 2.75) is 51.4 Å². The summed E-state index contributed by atoms with van der Waals surface area (Å²) in [5.74, 6) is -2.84. The summed E-state index contributed by atoms with van der Waals surface area (Å²) in [5, 5.41) is 9.81. The minimum Gasteiger partial charge on any atom is -0.478 e. The molecular weight excluding hydrogens is 429 g/mol. The van der Waals surface area contributed by atoms with Gasteiger partial charge >= 0.3 is 5.97 Å². The molecule has 1 aliphatic rings. The number of rotatable bonds is 5. The van der Waals surface area contributed by atoms with Crippen LogP contribution in [-0.4, -0.2) is 38.7 Å². The molecule has 3 aromatic rings. The van der Waals surface area contributed by atoms with Crippen LogP contribution < -0.4 is 0 Å². The monoisotopic (exact) mass is 456 g/mol. The molecule has 0 bridgehead atoms. The third-order valence-electron chi connectivity index (χ3n) is 6.16. The topological polar surface area (TPSA) is 56.3 Å². The molecule has 0 saturated carbocycles. The lowest BCUT2D eigenvalue weighted by molar-refractivity contribution is -0.131. The first kappa shape index (κ1) is 23.1. The number of hydrogen-bond donors (Lipinski definition) is 2. The van der Waals surface area contributed by atoms with Crippen LogP contribution in [0, 0.1) is 11.6 Å². The predicted octanol–water partition coefficient (Wildman–Crippen LogP) is 6.02. The number of benzene rings is 2. The molecule has 0 aliphatic carbocycles. The fourth-order valence-electron chi connectivity index (χ4n) is 4.82. The van der Waals surface area contributed by atoms with Gasteiger partial charge in [-0.3, -0.25) is 4.90 Å². The predicted molar refractivity (Wildman–Crippen MR) is 123 cm³/mol. The van der Waals surface area contributed by atoms with Crippen LogP contribution >= 0.6 is 0 Å². The van der Waals surface area contributed by atoms with Gasteiger partial charge in [0.05, 0.1) is 6.04 Å². The van der Waals surface area contributed by atoms with E-state index < -0.39 is 34.9 Å². The third-order valence-corrected chi connectivity index (χ3v) is 6.16. The lowest BCUT2D eigenvalue weighted by Crippen LogP contribution is -2.55. The number of aromatic amines is 1. The number of carboxylic acids is 1. The number of para-hydroxylation sites is 1. The standard InChI is InChI=1S/C26H27F3N2O2/c1-25(2,29)14-31-24(22-18(27)11-15(12-19(22)28)9-10-21(32)33)23-17(13-26(31,3)4)16-7-5-6-8-20(16)30-23/h5-12,24,30H,13-14H2,1-4H3,(H,32,33)/t24-/m1/s1. The van der Waals surface area contributed by atoms with Crippen LogP contribution in [0.4, 0.5) is 13.2 Å². The van der Waals surface area contributed by atoms with E-state index in [-0.39, 0.29) is 17.7 Å². The molecule has 0 spiro atoms. The van der Waals surface area contributed by atoms with Crippen LogP contribution in [0.3, 0.4) is 0 Å². The summed E-state index contributed by atoms with van der Waals surface area (Å²) in [5.41, 5.74) is 0.177. The fraction of sp³-hybridized carbons (Fsp3) is 0.346. The summed E-state index contributed by atoms with van der Waals surface area (Å²) in [7, 11) is 0. The van der Waals surface area contributed by atoms with Crippen molar-refractivity contribution < 1.29 is 23.1 Å². The molecule has 1 aromatic heterocycles. The van der Waals surface area contributed by atoms with Crippen LogP contribution in [0.2, 0.25) is 0 Å². The highest BCUT2D eigenvalue weighted by Gasteiger charge is 2.45. The van der Waals surface area contributed by atoms with E-state index in [1.807, 2.05) is 43.0 Å². The van der Waals surface area contributed by atoms with E-state index in [2.05, 4.69) is 4.98 Å². The van der Waals surface area contributed by atoms with E-state index in [1.165, 1.54) is 13.8 Å². The van der Waals surface area contributed by atoms with Gasteiger partial charge in [0.2, 0.25) is 0 Å². The Morgan fingerprint density at radius 3 is 2.48 bits per heavy atom. The number of carboxylic acid groups (broad SMARTS) is 1. The van der Waals surface area contributed by atoms with Crippen molar-refractivity contribution in [1.29, 1.82) is 0 Å². The van der Waals surface area contributed by atoms with E-state index in [1.54, 1.807) is 0 Å². The van der Waals surface area contributed by atoms with Crippen molar-refractivity contribution in [2.24, 2.45) is 0 Å². The summed E-state index contributed by atoms with van der Waals surface area (Å²) in [6, 6.07) is 9.02. The fourth-order valence-corrected chi connectivity index (χ4v) is 4.82. The number of hydrogen-bond acceptors (Lipinski definition) is 2. The summed E-state index contributed by atoms with van der Waals surface area (Å²) < 4.78 is 45.9. The second-order valence-electron chi connectivity index (χ2n) is 9.87. The first-order valence-corrected chi connectivity index (χ1v) is 10.8. The van der Waals surface area contributed by atoms with Gasteiger partial charge in [0, 0.05) is 40.3 Å². The van der Waals surface area contributed by atoms with Crippen molar-refractivity contribution >= 4 is 22.9 Å². The number of nitrogens with zero attached hydrogens (tertiary/aromatic N) is 1. The van der Waals surface area contributed by atoms with Gasteiger partial charge in [0.25, 0.3) is 0 Å². The van der Waals surface area contributed by atoms with E-state index in [9.17, 15) is 9.18 Å². The maximum Gasteiger partial charge on any atom is 0.328 e. The number of alkyl halides is 1. The molecule has 0 unspecified atom stereocenters. The largest absolute Gasteiger partial charge is 0.478 e. The molecule has 7 heteroatoms. The molecule has 2 heterocycles. The Balaban J connectivity index is 1.96. The molecular formula is C26H27F3N2O2. The SMILES string of the molecule is CC(C)(F)CN1[C@H](c2c(F)cc(C=CC(=O)O)cc2F)c2[nH]c3ccccc3c2CC1(C)C. The number of halogens is 3. The maximum atomic E-state index is 15.5. The number of H-pyrrole nitrogens is 1. The Bertz CT molecular complexity index is 1230. The van der Waals surface area contributed by atoms with Crippen molar-refractivity contribution in [2.75, 3.05) is 6.54 Å². The van der Waals surface area contributed by atoms with Crippen molar-refractivity contribution in [3.05, 3.63) is 76.5 Å². The summed E-state index contributed by atoms with van der Waals surface area (Å²) in [6.07, 6.45) is 2.55. The number of aliphatic carboxylic acids is 1. The van der Waals surface area contributed by atoms with E-state index in [0.29, 0.717) is 12.1 Å². The molecule has 0 saturated heterocycles. The zero-order valence-electron chi connectivity index (χ0n) is 19.0. The molecule has 0 amide bonds. The molecule has 33 heavy (non-hydrogen) atoms. The number of aromatic nitrogens is 1. The van der Waals surface area contributed by atoms with E-state index in [0.717, 1.165) is 40.8 Å². The van der Waals surface area contributed by atoms with Crippen LogP contribution in [-0.2, 0) is 11.2 Å². The second-order valence-corrected chi connectivity index (χ2v) is 9.87. The molecule has 4 nitrogen and oxygen atoms in total. The van der Waals surface area contributed by atoms with Gasteiger partial charge in [-0.2, -0.15) is 0 Å². The highest BCUT2D eigenvalue weighted by Crippen LogP contribution is 2.46. The summed E-state index contributed by atoms with van der Waals surface area (Å²) in [6.45, 7) is 6.78. The zero-order valence-corrected chi connectivity index (χ0v) is 19.0. The van der Waals surface area contributed by atoms with Gasteiger partial charge in [0.1, 0.15) is 17.3 Å². The Morgan fingerprint density at radius 1 is 1.24 bits per heavy atom. The van der Waals surface area contributed by atoms with Gasteiger partial charge in [-0.05, 0) is 69.5 Å². The first-order valence-electron chi connectivity index (χ1n) is 10.8. The lowest BCUT2D eigenvalue weighted by atomic mass is 9.80. The molecule has 2 N–H and O–H groups in total. The number of fused-ring (bicyclic) bond motifs is 3. The Morgan fingerprint density at radius 2 is 1.88 bits per heavy atom. The minimum atomic E-state index is -1.60. The summed E-state index contributed by atoms with van der Waals surface area (Å²) >= 11 is 0. The Hall–Kier alpha value is -3.06. The number of carbonyl (C=O) groups is 1. The molecule has 1 aliphatic heterocycles. The molecule has 174 valence electrons. The molecule has 0 radical (unpaired) electrons. The van der Waals surface area contributed by atoms with Gasteiger partial charge in [-0.15, -0.1) is 0 Å². The highest BCUT2D eigenvalue weighted by atomic mass is 19.1. The quantitative estimate of drug-likeness (QED) is 0.462.